The Balaban J connectivity index is 4.03. The van der Waals surface area contributed by atoms with E-state index in [9.17, 15) is 5.11 Å². The van der Waals surface area contributed by atoms with Crippen LogP contribution in [-0.4, -0.2) is 45.3 Å². The Kier molecular flexibility index (Phi) is 5.41. The molecular weight excluding hydrogens is 160 g/mol. The molecule has 0 saturated heterocycles. The van der Waals surface area contributed by atoms with Gasteiger partial charge in [0.1, 0.15) is 0 Å². The van der Waals surface area contributed by atoms with E-state index in [4.69, 9.17) is 15.3 Å². The molecule has 0 rings (SSSR count). The fraction of sp³-hybridized carbons (Fsp3) is 0.875. The van der Waals surface area contributed by atoms with E-state index in [2.05, 4.69) is 0 Å². The van der Waals surface area contributed by atoms with Gasteiger partial charge in [0.15, 0.2) is 0 Å². The van der Waals surface area contributed by atoms with Crippen LogP contribution in [0.1, 0.15) is 13.8 Å². The summed E-state index contributed by atoms with van der Waals surface area (Å²) in [5.41, 5.74) is 0. The number of rotatable bonds is 5. The quantitative estimate of drug-likeness (QED) is 0.430. The summed E-state index contributed by atoms with van der Waals surface area (Å²) < 4.78 is 0. The molecule has 0 aliphatic rings. The highest BCUT2D eigenvalue weighted by Gasteiger charge is 2.24. The average Bonchev–Trinajstić information content (AvgIpc) is 1.98. The number of hydrogen-bond donors (Lipinski definition) is 4. The lowest BCUT2D eigenvalue weighted by molar-refractivity contribution is -0.00407. The molecule has 1 radical (unpaired) electrons. The molecule has 0 bridgehead atoms. The fourth-order valence-corrected chi connectivity index (χ4v) is 1.05. The molecule has 0 spiro atoms. The van der Waals surface area contributed by atoms with Crippen LogP contribution in [0, 0.1) is 12.3 Å². The fourth-order valence-electron chi connectivity index (χ4n) is 1.05. The van der Waals surface area contributed by atoms with Crippen LogP contribution in [0.3, 0.4) is 0 Å². The van der Waals surface area contributed by atoms with Crippen LogP contribution in [-0.2, 0) is 0 Å². The van der Waals surface area contributed by atoms with E-state index in [0.29, 0.717) is 0 Å². The lowest BCUT2D eigenvalue weighted by Gasteiger charge is -2.24. The van der Waals surface area contributed by atoms with E-state index in [1.807, 2.05) is 0 Å². The molecule has 73 valence electrons. The van der Waals surface area contributed by atoms with Crippen molar-refractivity contribution in [2.45, 2.75) is 32.2 Å². The van der Waals surface area contributed by atoms with Crippen molar-refractivity contribution in [2.75, 3.05) is 6.61 Å². The van der Waals surface area contributed by atoms with Crippen molar-refractivity contribution in [1.29, 1.82) is 0 Å². The van der Waals surface area contributed by atoms with Crippen LogP contribution in [0.5, 0.6) is 0 Å². The third-order valence-corrected chi connectivity index (χ3v) is 1.69. The third-order valence-electron chi connectivity index (χ3n) is 1.69. The zero-order valence-corrected chi connectivity index (χ0v) is 7.38. The van der Waals surface area contributed by atoms with Gasteiger partial charge in [0.2, 0.25) is 0 Å². The van der Waals surface area contributed by atoms with Crippen LogP contribution in [0.15, 0.2) is 0 Å². The van der Waals surface area contributed by atoms with Gasteiger partial charge in [0.05, 0.1) is 24.9 Å². The smallest absolute Gasteiger partial charge is 0.0827 e. The van der Waals surface area contributed by atoms with E-state index >= 15 is 0 Å². The Morgan fingerprint density at radius 2 is 1.67 bits per heavy atom. The molecular formula is C8H17O4. The molecule has 4 nitrogen and oxygen atoms in total. The summed E-state index contributed by atoms with van der Waals surface area (Å²) in [5, 5.41) is 35.9. The van der Waals surface area contributed by atoms with Crippen molar-refractivity contribution in [3.8, 4) is 0 Å². The standard InChI is InChI=1S/C8H17O4/c1-5(10)3-7(6(2)11)8(12)4-9/h3,5-12H,4H2,1-2H3. The van der Waals surface area contributed by atoms with E-state index < -0.39 is 30.8 Å². The molecule has 4 heteroatoms. The van der Waals surface area contributed by atoms with Crippen molar-refractivity contribution < 1.29 is 20.4 Å². The Morgan fingerprint density at radius 1 is 1.17 bits per heavy atom. The SMILES string of the molecule is CC(O)[CH]C(C(C)O)C(O)CO. The second-order valence-corrected chi connectivity index (χ2v) is 3.00. The summed E-state index contributed by atoms with van der Waals surface area (Å²) in [5.74, 6) is -0.588. The summed E-state index contributed by atoms with van der Waals surface area (Å²) >= 11 is 0. The van der Waals surface area contributed by atoms with Gasteiger partial charge in [-0.15, -0.1) is 0 Å². The lowest BCUT2D eigenvalue weighted by Crippen LogP contribution is -2.35. The largest absolute Gasteiger partial charge is 0.394 e. The second-order valence-electron chi connectivity index (χ2n) is 3.00. The highest BCUT2D eigenvalue weighted by atomic mass is 16.3. The summed E-state index contributed by atoms with van der Waals surface area (Å²) in [6, 6.07) is 0. The molecule has 0 heterocycles. The summed E-state index contributed by atoms with van der Waals surface area (Å²) in [6.45, 7) is 2.61. The maximum absolute atomic E-state index is 9.18. The normalized spacial score (nSPS) is 21.5. The minimum Gasteiger partial charge on any atom is -0.394 e. The minimum atomic E-state index is -1.01. The zero-order valence-electron chi connectivity index (χ0n) is 7.38. The van der Waals surface area contributed by atoms with E-state index in [1.165, 1.54) is 20.3 Å². The van der Waals surface area contributed by atoms with Crippen LogP contribution in [0.25, 0.3) is 0 Å². The molecule has 4 unspecified atom stereocenters. The van der Waals surface area contributed by atoms with Crippen LogP contribution in [0.4, 0.5) is 0 Å². The van der Waals surface area contributed by atoms with Crippen LogP contribution < -0.4 is 0 Å². The Morgan fingerprint density at radius 3 is 1.92 bits per heavy atom. The van der Waals surface area contributed by atoms with Gasteiger partial charge >= 0.3 is 0 Å². The first kappa shape index (κ1) is 11.8. The maximum Gasteiger partial charge on any atom is 0.0827 e. The zero-order chi connectivity index (χ0) is 9.72. The molecule has 0 aliphatic carbocycles. The predicted octanol–water partition coefficient (Wildman–Crippen LogP) is -1.08. The topological polar surface area (TPSA) is 80.9 Å². The first-order chi connectivity index (χ1) is 5.49. The average molecular weight is 177 g/mol. The molecule has 4 atom stereocenters. The Labute approximate surface area is 72.5 Å². The first-order valence-electron chi connectivity index (χ1n) is 3.99. The van der Waals surface area contributed by atoms with Gasteiger partial charge in [-0.05, 0) is 20.3 Å². The lowest BCUT2D eigenvalue weighted by atomic mass is 9.91. The molecule has 0 aromatic rings. The molecule has 0 aliphatic heterocycles. The van der Waals surface area contributed by atoms with Crippen molar-refractivity contribution in [1.82, 2.24) is 0 Å². The van der Waals surface area contributed by atoms with Gasteiger partial charge in [-0.3, -0.25) is 0 Å². The van der Waals surface area contributed by atoms with Crippen molar-refractivity contribution >= 4 is 0 Å². The molecule has 12 heavy (non-hydrogen) atoms. The Hall–Kier alpha value is -0.160. The third kappa shape index (κ3) is 4.01. The van der Waals surface area contributed by atoms with E-state index in [-0.39, 0.29) is 0 Å². The molecule has 4 N–H and O–H groups in total. The molecule has 0 saturated carbocycles. The molecule has 0 aromatic heterocycles. The van der Waals surface area contributed by atoms with Gasteiger partial charge in [-0.1, -0.05) is 0 Å². The Bertz CT molecular complexity index is 114. The number of aliphatic hydroxyl groups is 4. The minimum absolute atomic E-state index is 0.418. The van der Waals surface area contributed by atoms with Crippen molar-refractivity contribution in [3.05, 3.63) is 6.42 Å². The van der Waals surface area contributed by atoms with E-state index in [1.54, 1.807) is 0 Å². The first-order valence-corrected chi connectivity index (χ1v) is 3.99. The summed E-state index contributed by atoms with van der Waals surface area (Å²) in [7, 11) is 0. The van der Waals surface area contributed by atoms with E-state index in [0.717, 1.165) is 0 Å². The highest BCUT2D eigenvalue weighted by molar-refractivity contribution is 4.88. The summed E-state index contributed by atoms with van der Waals surface area (Å²) in [4.78, 5) is 0. The number of aliphatic hydroxyl groups excluding tert-OH is 4. The van der Waals surface area contributed by atoms with Crippen LogP contribution >= 0.6 is 0 Å². The van der Waals surface area contributed by atoms with Crippen molar-refractivity contribution in [2.24, 2.45) is 5.92 Å². The maximum atomic E-state index is 9.18. The van der Waals surface area contributed by atoms with Gasteiger partial charge in [0.25, 0.3) is 0 Å². The van der Waals surface area contributed by atoms with Crippen molar-refractivity contribution in [3.63, 3.8) is 0 Å². The monoisotopic (exact) mass is 177 g/mol. The predicted molar refractivity (Wildman–Crippen MR) is 44.2 cm³/mol. The van der Waals surface area contributed by atoms with Gasteiger partial charge < -0.3 is 20.4 Å². The second kappa shape index (κ2) is 5.48. The highest BCUT2D eigenvalue weighted by Crippen LogP contribution is 2.15. The summed E-state index contributed by atoms with van der Waals surface area (Å²) in [6.07, 6.45) is -1.09. The van der Waals surface area contributed by atoms with Gasteiger partial charge in [-0.25, -0.2) is 0 Å². The number of hydrogen-bond acceptors (Lipinski definition) is 4. The van der Waals surface area contributed by atoms with Crippen LogP contribution in [0.2, 0.25) is 0 Å². The molecule has 0 aromatic carbocycles. The molecule has 0 amide bonds. The molecule has 0 fully saturated rings. The van der Waals surface area contributed by atoms with Gasteiger partial charge in [-0.2, -0.15) is 0 Å². The van der Waals surface area contributed by atoms with Gasteiger partial charge in [0, 0.05) is 5.92 Å².